The van der Waals surface area contributed by atoms with Crippen molar-refractivity contribution in [1.29, 1.82) is 0 Å². The molecule has 1 aromatic carbocycles. The zero-order valence-electron chi connectivity index (χ0n) is 14.6. The molecule has 3 rings (SSSR count). The fourth-order valence-electron chi connectivity index (χ4n) is 2.69. The van der Waals surface area contributed by atoms with E-state index in [4.69, 9.17) is 17.3 Å². The summed E-state index contributed by atoms with van der Waals surface area (Å²) in [5.41, 5.74) is 1.76. The Morgan fingerprint density at radius 3 is 2.72 bits per heavy atom. The topological polar surface area (TPSA) is 94.5 Å². The molecule has 1 aromatic heterocycles. The number of amides is 1. The minimum Gasteiger partial charge on any atom is -0.459 e. The lowest BCUT2D eigenvalue weighted by Gasteiger charge is -2.37. The number of carbonyl (C=O) groups excluding carboxylic acids is 1. The first-order valence-corrected chi connectivity index (χ1v) is 8.32. The molecule has 0 saturated carbocycles. The Hall–Kier alpha value is -2.89. The van der Waals surface area contributed by atoms with E-state index in [-0.39, 0.29) is 15.4 Å². The van der Waals surface area contributed by atoms with Crippen LogP contribution in [0.15, 0.2) is 29.4 Å². The van der Waals surface area contributed by atoms with Crippen LogP contribution in [0.4, 0.5) is 27.6 Å². The van der Waals surface area contributed by atoms with Gasteiger partial charge >= 0.3 is 12.5 Å². The number of aromatic nitrogens is 2. The third kappa shape index (κ3) is 3.71. The van der Waals surface area contributed by atoms with E-state index in [0.717, 1.165) is 31.3 Å². The fourth-order valence-corrected chi connectivity index (χ4v) is 2.91. The highest BCUT2D eigenvalue weighted by Crippen LogP contribution is 2.44. The van der Waals surface area contributed by atoms with Crippen LogP contribution in [0.3, 0.4) is 0 Å². The van der Waals surface area contributed by atoms with Crippen molar-refractivity contribution in [2.75, 3.05) is 11.9 Å². The van der Waals surface area contributed by atoms with Crippen LogP contribution in [0.1, 0.15) is 29.5 Å². The molecular formula is C16H13ClF5N5O2. The first-order chi connectivity index (χ1) is 13.4. The number of anilines is 1. The number of alkyl halides is 4. The van der Waals surface area contributed by atoms with Crippen molar-refractivity contribution in [3.8, 4) is 0 Å². The Balaban J connectivity index is 1.96. The number of benzene rings is 1. The quantitative estimate of drug-likeness (QED) is 0.716. The molecule has 2 aromatic rings. The Morgan fingerprint density at radius 1 is 1.41 bits per heavy atom. The molecule has 0 spiro atoms. The summed E-state index contributed by atoms with van der Waals surface area (Å²) in [6.07, 6.45) is 0.748. The van der Waals surface area contributed by atoms with E-state index in [1.54, 1.807) is 0 Å². The van der Waals surface area contributed by atoms with Crippen molar-refractivity contribution in [3.63, 3.8) is 0 Å². The number of ether oxygens (including phenoxy) is 1. The van der Waals surface area contributed by atoms with Crippen molar-refractivity contribution in [3.05, 3.63) is 46.5 Å². The average molecular weight is 438 g/mol. The second kappa shape index (κ2) is 7.17. The number of nitrogens with two attached hydrogens (primary N) is 1. The molecule has 0 unspecified atom stereocenters. The summed E-state index contributed by atoms with van der Waals surface area (Å²) in [5, 5.41) is 5.25. The summed E-state index contributed by atoms with van der Waals surface area (Å²) in [5.74, 6) is -5.64. The molecule has 156 valence electrons. The lowest BCUT2D eigenvalue weighted by Crippen LogP contribution is -2.51. The zero-order chi connectivity index (χ0) is 21.6. The number of carbonyl (C=O) groups is 1. The summed E-state index contributed by atoms with van der Waals surface area (Å²) in [4.78, 5) is 15.8. The molecule has 3 N–H and O–H groups in total. The molecule has 1 aliphatic rings. The van der Waals surface area contributed by atoms with Crippen LogP contribution < -0.4 is 11.1 Å². The number of halogens is 6. The van der Waals surface area contributed by atoms with Crippen LogP contribution in [0.2, 0.25) is 5.02 Å². The smallest absolute Gasteiger partial charge is 0.333 e. The Labute approximate surface area is 165 Å². The number of hydrogen-bond donors (Lipinski definition) is 2. The molecule has 1 atom stereocenters. The lowest BCUT2D eigenvalue weighted by molar-refractivity contribution is -0.117. The minimum atomic E-state index is -3.61. The molecule has 7 nitrogen and oxygen atoms in total. The van der Waals surface area contributed by atoms with Gasteiger partial charge in [0.15, 0.2) is 17.8 Å². The van der Waals surface area contributed by atoms with Crippen LogP contribution in [0.5, 0.6) is 0 Å². The molecule has 1 amide bonds. The highest BCUT2D eigenvalue weighted by atomic mass is 35.5. The van der Waals surface area contributed by atoms with Crippen LogP contribution in [0.25, 0.3) is 0 Å². The van der Waals surface area contributed by atoms with Gasteiger partial charge in [-0.2, -0.15) is 22.7 Å². The van der Waals surface area contributed by atoms with Gasteiger partial charge in [0.05, 0.1) is 11.2 Å². The highest BCUT2D eigenvalue weighted by molar-refractivity contribution is 6.34. The molecule has 0 fully saturated rings. The summed E-state index contributed by atoms with van der Waals surface area (Å²) in [7, 11) is 0. The van der Waals surface area contributed by atoms with Crippen molar-refractivity contribution in [1.82, 2.24) is 9.78 Å². The molecule has 1 aliphatic heterocycles. The van der Waals surface area contributed by atoms with Crippen LogP contribution in [-0.2, 0) is 10.3 Å². The maximum atomic E-state index is 14.4. The SMILES string of the molecule is C[C@]1(c2cc(NC(=O)c3nn(C(F)F)cc3Cl)ccc2F)N=C(N)OCC1(F)F. The van der Waals surface area contributed by atoms with E-state index in [9.17, 15) is 26.7 Å². The normalized spacial score (nSPS) is 20.9. The highest BCUT2D eigenvalue weighted by Gasteiger charge is 2.56. The van der Waals surface area contributed by atoms with Crippen LogP contribution >= 0.6 is 11.6 Å². The van der Waals surface area contributed by atoms with E-state index in [2.05, 4.69) is 20.1 Å². The second-order valence-corrected chi connectivity index (χ2v) is 6.65. The molecule has 2 heterocycles. The van der Waals surface area contributed by atoms with Gasteiger partial charge in [-0.25, -0.2) is 14.1 Å². The summed E-state index contributed by atoms with van der Waals surface area (Å²) < 4.78 is 73.3. The van der Waals surface area contributed by atoms with E-state index in [1.165, 1.54) is 0 Å². The number of nitrogens with zero attached hydrogens (tertiary/aromatic N) is 3. The fraction of sp³-hybridized carbons (Fsp3) is 0.312. The first kappa shape index (κ1) is 20.8. The molecule has 0 bridgehead atoms. The monoisotopic (exact) mass is 437 g/mol. The predicted octanol–water partition coefficient (Wildman–Crippen LogP) is 3.52. The van der Waals surface area contributed by atoms with Crippen molar-refractivity contribution < 1.29 is 31.5 Å². The van der Waals surface area contributed by atoms with Gasteiger partial charge in [-0.3, -0.25) is 4.79 Å². The van der Waals surface area contributed by atoms with Crippen LogP contribution in [0, 0.1) is 5.82 Å². The second-order valence-electron chi connectivity index (χ2n) is 6.25. The summed E-state index contributed by atoms with van der Waals surface area (Å²) >= 11 is 5.72. The molecular weight excluding hydrogens is 425 g/mol. The number of amidine groups is 1. The molecule has 13 heteroatoms. The van der Waals surface area contributed by atoms with Gasteiger partial charge in [-0.05, 0) is 25.1 Å². The van der Waals surface area contributed by atoms with Gasteiger partial charge < -0.3 is 15.8 Å². The Morgan fingerprint density at radius 2 is 2.10 bits per heavy atom. The number of rotatable bonds is 4. The van der Waals surface area contributed by atoms with Crippen molar-refractivity contribution in [2.24, 2.45) is 10.7 Å². The lowest BCUT2D eigenvalue weighted by atomic mass is 9.85. The number of aliphatic imine (C=N–C) groups is 1. The van der Waals surface area contributed by atoms with Gasteiger partial charge in [0, 0.05) is 11.3 Å². The zero-order valence-corrected chi connectivity index (χ0v) is 15.4. The van der Waals surface area contributed by atoms with Gasteiger partial charge in [0.25, 0.3) is 11.9 Å². The van der Waals surface area contributed by atoms with Crippen molar-refractivity contribution >= 4 is 29.2 Å². The third-order valence-corrected chi connectivity index (χ3v) is 4.57. The van der Waals surface area contributed by atoms with Gasteiger partial charge in [-0.1, -0.05) is 11.6 Å². The van der Waals surface area contributed by atoms with E-state index in [0.29, 0.717) is 0 Å². The van der Waals surface area contributed by atoms with E-state index >= 15 is 0 Å². The summed E-state index contributed by atoms with van der Waals surface area (Å²) in [6, 6.07) is 2.31. The maximum Gasteiger partial charge on any atom is 0.333 e. The predicted molar refractivity (Wildman–Crippen MR) is 92.7 cm³/mol. The molecule has 0 saturated heterocycles. The van der Waals surface area contributed by atoms with Gasteiger partial charge in [0.2, 0.25) is 0 Å². The molecule has 0 aliphatic carbocycles. The first-order valence-electron chi connectivity index (χ1n) is 7.95. The average Bonchev–Trinajstić information content (AvgIpc) is 3.02. The number of nitrogens with one attached hydrogen (secondary N) is 1. The Kier molecular flexibility index (Phi) is 5.15. The van der Waals surface area contributed by atoms with Crippen LogP contribution in [-0.4, -0.2) is 34.2 Å². The standard InChI is InChI=1S/C16H13ClF5N5O2/c1-15(16(21,22)6-29-14(23)25-15)8-4-7(2-3-10(8)18)24-12(28)11-9(17)5-27(26-11)13(19)20/h2-5,13H,6H2,1H3,(H2,23,25)(H,24,28)/t15-/m1/s1. The molecule has 29 heavy (non-hydrogen) atoms. The third-order valence-electron chi connectivity index (χ3n) is 4.30. The van der Waals surface area contributed by atoms with E-state index in [1.807, 2.05) is 0 Å². The van der Waals surface area contributed by atoms with E-state index < -0.39 is 53.6 Å². The molecule has 0 radical (unpaired) electrons. The van der Waals surface area contributed by atoms with Crippen molar-refractivity contribution in [2.45, 2.75) is 24.9 Å². The van der Waals surface area contributed by atoms with Gasteiger partial charge in [0.1, 0.15) is 5.82 Å². The largest absolute Gasteiger partial charge is 0.459 e. The minimum absolute atomic E-state index is 0.119. The number of hydrogen-bond acceptors (Lipinski definition) is 5. The Bertz CT molecular complexity index is 996. The summed E-state index contributed by atoms with van der Waals surface area (Å²) in [6.45, 7) is -3.17. The maximum absolute atomic E-state index is 14.4. The van der Waals surface area contributed by atoms with Gasteiger partial charge in [-0.15, -0.1) is 0 Å².